The second-order valence-electron chi connectivity index (χ2n) is 3.88. The number of nitrogens with one attached hydrogen (secondary N) is 1. The van der Waals surface area contributed by atoms with Crippen LogP contribution in [0.25, 0.3) is 0 Å². The zero-order chi connectivity index (χ0) is 14.8. The van der Waals surface area contributed by atoms with E-state index in [1.807, 2.05) is 12.3 Å². The number of benzene rings is 2. The molecule has 2 rings (SSSR count). The Morgan fingerprint density at radius 3 is 2.55 bits per heavy atom. The van der Waals surface area contributed by atoms with Gasteiger partial charge in [-0.3, -0.25) is 4.72 Å². The summed E-state index contributed by atoms with van der Waals surface area (Å²) in [5.41, 5.74) is 0.433. The van der Waals surface area contributed by atoms with Gasteiger partial charge in [0.2, 0.25) is 0 Å². The normalized spacial score (nSPS) is 11.3. The van der Waals surface area contributed by atoms with Crippen LogP contribution in [0, 0.1) is 5.82 Å². The molecule has 7 heteroatoms. The van der Waals surface area contributed by atoms with Gasteiger partial charge in [-0.2, -0.15) is 0 Å². The summed E-state index contributed by atoms with van der Waals surface area (Å²) in [6.45, 7) is 0. The van der Waals surface area contributed by atoms with E-state index in [0.29, 0.717) is 10.2 Å². The zero-order valence-corrected chi connectivity index (χ0v) is 13.6. The van der Waals surface area contributed by atoms with Gasteiger partial charge in [-0.05, 0) is 36.6 Å². The van der Waals surface area contributed by atoms with E-state index in [1.54, 1.807) is 18.2 Å². The number of hydrogen-bond acceptors (Lipinski definition) is 3. The van der Waals surface area contributed by atoms with Crippen LogP contribution < -0.4 is 4.72 Å². The van der Waals surface area contributed by atoms with Gasteiger partial charge < -0.3 is 0 Å². The van der Waals surface area contributed by atoms with Crippen molar-refractivity contribution in [1.29, 1.82) is 0 Å². The maximum atomic E-state index is 13.8. The van der Waals surface area contributed by atoms with Gasteiger partial charge in [0.15, 0.2) is 0 Å². The van der Waals surface area contributed by atoms with Gasteiger partial charge in [-0.25, -0.2) is 12.8 Å². The Morgan fingerprint density at radius 1 is 1.20 bits per heavy atom. The number of hydrogen-bond donors (Lipinski definition) is 1. The van der Waals surface area contributed by atoms with Gasteiger partial charge in [0.25, 0.3) is 10.0 Å². The first-order valence-electron chi connectivity index (χ1n) is 5.55. The van der Waals surface area contributed by atoms with E-state index in [1.165, 1.54) is 23.9 Å². The monoisotopic (exact) mass is 375 g/mol. The molecule has 2 aromatic rings. The number of sulfonamides is 1. The maximum absolute atomic E-state index is 13.8. The van der Waals surface area contributed by atoms with Crippen molar-refractivity contribution in [2.75, 3.05) is 11.0 Å². The largest absolute Gasteiger partial charge is 0.278 e. The van der Waals surface area contributed by atoms with Gasteiger partial charge in [0.1, 0.15) is 10.7 Å². The van der Waals surface area contributed by atoms with Crippen LogP contribution in [-0.4, -0.2) is 14.7 Å². The Balaban J connectivity index is 2.41. The Labute approximate surface area is 129 Å². The van der Waals surface area contributed by atoms with Crippen molar-refractivity contribution in [1.82, 2.24) is 0 Å². The van der Waals surface area contributed by atoms with E-state index < -0.39 is 15.8 Å². The average Bonchev–Trinajstić information content (AvgIpc) is 2.38. The Bertz CT molecular complexity index is 735. The third-order valence-electron chi connectivity index (χ3n) is 2.53. The summed E-state index contributed by atoms with van der Waals surface area (Å²) in [6.07, 6.45) is 1.84. The fraction of sp³-hybridized carbons (Fsp3) is 0.0769. The molecule has 0 saturated heterocycles. The van der Waals surface area contributed by atoms with Crippen molar-refractivity contribution in [3.05, 3.63) is 52.8 Å². The lowest BCUT2D eigenvalue weighted by Gasteiger charge is -2.11. The Kier molecular flexibility index (Phi) is 4.72. The van der Waals surface area contributed by atoms with Crippen molar-refractivity contribution >= 4 is 43.4 Å². The SMILES string of the molecule is CSc1ccccc1NS(=O)(=O)c1ccc(Br)cc1F. The molecule has 106 valence electrons. The smallest absolute Gasteiger partial charge is 0.264 e. The summed E-state index contributed by atoms with van der Waals surface area (Å²) >= 11 is 4.50. The topological polar surface area (TPSA) is 46.2 Å². The van der Waals surface area contributed by atoms with Crippen LogP contribution in [0.2, 0.25) is 0 Å². The van der Waals surface area contributed by atoms with Crippen LogP contribution in [0.5, 0.6) is 0 Å². The minimum atomic E-state index is -3.95. The first kappa shape index (κ1) is 15.3. The first-order chi connectivity index (χ1) is 9.44. The van der Waals surface area contributed by atoms with Crippen molar-refractivity contribution in [2.45, 2.75) is 9.79 Å². The molecule has 20 heavy (non-hydrogen) atoms. The van der Waals surface area contributed by atoms with E-state index in [0.717, 1.165) is 11.0 Å². The number of anilines is 1. The fourth-order valence-electron chi connectivity index (χ4n) is 1.62. The summed E-state index contributed by atoms with van der Waals surface area (Å²) in [4.78, 5) is 0.394. The van der Waals surface area contributed by atoms with Crippen LogP contribution >= 0.6 is 27.7 Å². The minimum absolute atomic E-state index is 0.378. The minimum Gasteiger partial charge on any atom is -0.278 e. The molecule has 3 nitrogen and oxygen atoms in total. The standard InChI is InChI=1S/C13H11BrFNO2S2/c1-19-12-5-3-2-4-11(12)16-20(17,18)13-7-6-9(14)8-10(13)15/h2-8,16H,1H3. The molecule has 0 saturated carbocycles. The first-order valence-corrected chi connectivity index (χ1v) is 9.05. The van der Waals surface area contributed by atoms with Crippen molar-refractivity contribution in [3.63, 3.8) is 0 Å². The summed E-state index contributed by atoms with van der Waals surface area (Å²) in [7, 11) is -3.95. The van der Waals surface area contributed by atoms with E-state index in [-0.39, 0.29) is 4.90 Å². The number of thioether (sulfide) groups is 1. The highest BCUT2D eigenvalue weighted by molar-refractivity contribution is 9.10. The van der Waals surface area contributed by atoms with E-state index in [2.05, 4.69) is 20.7 Å². The molecular formula is C13H11BrFNO2S2. The molecule has 2 aromatic carbocycles. The molecule has 0 aliphatic heterocycles. The number of rotatable bonds is 4. The molecule has 1 N–H and O–H groups in total. The lowest BCUT2D eigenvalue weighted by molar-refractivity contribution is 0.570. The molecule has 0 amide bonds. The summed E-state index contributed by atoms with van der Waals surface area (Å²) in [6, 6.07) is 10.8. The molecule has 0 spiro atoms. The molecule has 0 aliphatic carbocycles. The maximum Gasteiger partial charge on any atom is 0.264 e. The molecule has 0 radical (unpaired) electrons. The van der Waals surface area contributed by atoms with Crippen molar-refractivity contribution in [3.8, 4) is 0 Å². The second kappa shape index (κ2) is 6.15. The number of para-hydroxylation sites is 1. The molecule has 0 atom stereocenters. The third kappa shape index (κ3) is 3.34. The van der Waals surface area contributed by atoms with Crippen LogP contribution in [0.4, 0.5) is 10.1 Å². The lowest BCUT2D eigenvalue weighted by Crippen LogP contribution is -2.15. The third-order valence-corrected chi connectivity index (χ3v) is 5.22. The second-order valence-corrected chi connectivity index (χ2v) is 7.30. The molecule has 0 aromatic heterocycles. The lowest BCUT2D eigenvalue weighted by atomic mass is 10.3. The Hall–Kier alpha value is -1.05. The summed E-state index contributed by atoms with van der Waals surface area (Å²) < 4.78 is 41.1. The van der Waals surface area contributed by atoms with Crippen LogP contribution in [0.3, 0.4) is 0 Å². The molecule has 0 bridgehead atoms. The zero-order valence-electron chi connectivity index (χ0n) is 10.4. The van der Waals surface area contributed by atoms with Gasteiger partial charge in [-0.15, -0.1) is 11.8 Å². The molecular weight excluding hydrogens is 365 g/mol. The molecule has 0 aliphatic rings. The van der Waals surface area contributed by atoms with Crippen molar-refractivity contribution in [2.24, 2.45) is 0 Å². The Morgan fingerprint density at radius 2 is 1.90 bits per heavy atom. The fourth-order valence-corrected chi connectivity index (χ4v) is 3.71. The predicted octanol–water partition coefficient (Wildman–Crippen LogP) is 4.11. The van der Waals surface area contributed by atoms with Crippen LogP contribution in [0.15, 0.2) is 56.7 Å². The van der Waals surface area contributed by atoms with Gasteiger partial charge in [0, 0.05) is 9.37 Å². The van der Waals surface area contributed by atoms with Gasteiger partial charge in [-0.1, -0.05) is 28.1 Å². The average molecular weight is 376 g/mol. The van der Waals surface area contributed by atoms with Crippen LogP contribution in [-0.2, 0) is 10.0 Å². The highest BCUT2D eigenvalue weighted by Crippen LogP contribution is 2.28. The van der Waals surface area contributed by atoms with Crippen molar-refractivity contribution < 1.29 is 12.8 Å². The van der Waals surface area contributed by atoms with E-state index in [4.69, 9.17) is 0 Å². The summed E-state index contributed by atoms with van der Waals surface area (Å²) in [5.74, 6) is -0.798. The number of halogens is 2. The van der Waals surface area contributed by atoms with Crippen LogP contribution in [0.1, 0.15) is 0 Å². The quantitative estimate of drug-likeness (QED) is 0.817. The highest BCUT2D eigenvalue weighted by Gasteiger charge is 2.20. The summed E-state index contributed by atoms with van der Waals surface area (Å²) in [5, 5.41) is 0. The van der Waals surface area contributed by atoms with Gasteiger partial charge >= 0.3 is 0 Å². The molecule has 0 unspecified atom stereocenters. The molecule has 0 heterocycles. The van der Waals surface area contributed by atoms with E-state index >= 15 is 0 Å². The van der Waals surface area contributed by atoms with Gasteiger partial charge in [0.05, 0.1) is 5.69 Å². The van der Waals surface area contributed by atoms with E-state index in [9.17, 15) is 12.8 Å². The highest BCUT2D eigenvalue weighted by atomic mass is 79.9. The molecule has 0 fully saturated rings. The predicted molar refractivity (Wildman–Crippen MR) is 83.1 cm³/mol.